The monoisotopic (exact) mass is 1130 g/mol. The summed E-state index contributed by atoms with van der Waals surface area (Å²) in [7, 11) is 0. The predicted octanol–water partition coefficient (Wildman–Crippen LogP) is 25.6. The van der Waals surface area contributed by atoms with Gasteiger partial charge >= 0.3 is 0 Å². The molecule has 85 heavy (non-hydrogen) atoms. The van der Waals surface area contributed by atoms with Crippen molar-refractivity contribution in [3.8, 4) is 39.1 Å². The fourth-order valence-corrected chi connectivity index (χ4v) is 14.5. The SMILES string of the molecule is CCCCCCCCC1(CCCCCCCC)c2cc(C)ccc2-c2ccc3c4ccccc4n(-c4cc(CCCCCC)c(-c5ccc(N(c6ccc(C)cc6)c6ccc(-c7ccc(CCCC)cc7)cc6)cc5)cc4CCCCCC)c3c21. The zero-order valence-corrected chi connectivity index (χ0v) is 53.6. The van der Waals surface area contributed by atoms with E-state index in [1.54, 1.807) is 11.1 Å². The molecule has 0 spiro atoms. The summed E-state index contributed by atoms with van der Waals surface area (Å²) in [6.45, 7) is 16.2. The van der Waals surface area contributed by atoms with Crippen LogP contribution in [0.5, 0.6) is 0 Å². The lowest BCUT2D eigenvalue weighted by atomic mass is 9.70. The highest BCUT2D eigenvalue weighted by molar-refractivity contribution is 6.13. The second-order valence-electron chi connectivity index (χ2n) is 25.7. The topological polar surface area (TPSA) is 8.17 Å². The van der Waals surface area contributed by atoms with Gasteiger partial charge in [-0.1, -0.05) is 277 Å². The number of hydrogen-bond acceptors (Lipinski definition) is 1. The normalized spacial score (nSPS) is 12.6. The van der Waals surface area contributed by atoms with Crippen LogP contribution in [0, 0.1) is 13.8 Å². The van der Waals surface area contributed by atoms with Gasteiger partial charge < -0.3 is 9.47 Å². The molecule has 0 aliphatic heterocycles. The number of unbranched alkanes of at least 4 members (excludes halogenated alkanes) is 17. The van der Waals surface area contributed by atoms with Crippen molar-refractivity contribution in [1.82, 2.24) is 4.57 Å². The molecule has 1 heterocycles. The first-order valence-corrected chi connectivity index (χ1v) is 34.3. The van der Waals surface area contributed by atoms with Gasteiger partial charge in [0.05, 0.1) is 11.0 Å². The van der Waals surface area contributed by atoms with Crippen molar-refractivity contribution in [1.29, 1.82) is 0 Å². The van der Waals surface area contributed by atoms with Crippen LogP contribution in [0.25, 0.3) is 60.9 Å². The van der Waals surface area contributed by atoms with Crippen molar-refractivity contribution in [2.45, 2.75) is 227 Å². The van der Waals surface area contributed by atoms with Gasteiger partial charge in [-0.3, -0.25) is 0 Å². The Labute approximate surface area is 514 Å². The van der Waals surface area contributed by atoms with Crippen LogP contribution in [-0.4, -0.2) is 4.57 Å². The number of fused-ring (bicyclic) bond motifs is 7. The number of hydrogen-bond donors (Lipinski definition) is 0. The van der Waals surface area contributed by atoms with E-state index < -0.39 is 0 Å². The maximum atomic E-state index is 2.84. The van der Waals surface area contributed by atoms with Gasteiger partial charge in [-0.05, 0) is 181 Å². The van der Waals surface area contributed by atoms with Crippen LogP contribution in [-0.2, 0) is 24.7 Å². The fourth-order valence-electron chi connectivity index (χ4n) is 14.5. The summed E-state index contributed by atoms with van der Waals surface area (Å²) in [4.78, 5) is 2.44. The van der Waals surface area contributed by atoms with E-state index in [1.807, 2.05) is 0 Å². The number of para-hydroxylation sites is 1. The van der Waals surface area contributed by atoms with Crippen LogP contribution in [0.15, 0.2) is 164 Å². The highest BCUT2D eigenvalue weighted by Gasteiger charge is 2.45. The van der Waals surface area contributed by atoms with Crippen molar-refractivity contribution in [2.75, 3.05) is 4.90 Å². The molecule has 444 valence electrons. The Morgan fingerprint density at radius 3 is 1.46 bits per heavy atom. The molecule has 1 aliphatic rings. The maximum absolute atomic E-state index is 2.84. The molecule has 0 bridgehead atoms. The van der Waals surface area contributed by atoms with Crippen LogP contribution < -0.4 is 4.90 Å². The van der Waals surface area contributed by atoms with Gasteiger partial charge in [-0.2, -0.15) is 0 Å². The minimum atomic E-state index is -0.0572. The number of rotatable bonds is 33. The van der Waals surface area contributed by atoms with Crippen LogP contribution in [0.2, 0.25) is 0 Å². The Morgan fingerprint density at radius 1 is 0.365 bits per heavy atom. The van der Waals surface area contributed by atoms with Crippen LogP contribution >= 0.6 is 0 Å². The molecule has 0 fully saturated rings. The molecule has 8 aromatic carbocycles. The summed E-state index contributed by atoms with van der Waals surface area (Å²) >= 11 is 0. The molecule has 0 N–H and O–H groups in total. The first-order chi connectivity index (χ1) is 41.8. The Morgan fingerprint density at radius 2 is 0.859 bits per heavy atom. The van der Waals surface area contributed by atoms with Gasteiger partial charge in [0.2, 0.25) is 0 Å². The number of anilines is 3. The Kier molecular flexibility index (Phi) is 21.8. The van der Waals surface area contributed by atoms with Crippen molar-refractivity contribution in [3.05, 3.63) is 203 Å². The Balaban J connectivity index is 1.12. The van der Waals surface area contributed by atoms with E-state index in [9.17, 15) is 0 Å². The van der Waals surface area contributed by atoms with Crippen LogP contribution in [0.4, 0.5) is 17.1 Å². The molecule has 10 rings (SSSR count). The molecule has 0 amide bonds. The molecule has 1 aliphatic carbocycles. The molecule has 2 nitrogen and oxygen atoms in total. The summed E-state index contributed by atoms with van der Waals surface area (Å²) in [6, 6.07) is 64.6. The van der Waals surface area contributed by atoms with E-state index in [0.29, 0.717) is 0 Å². The molecule has 0 atom stereocenters. The molecule has 1 aromatic heterocycles. The van der Waals surface area contributed by atoms with E-state index >= 15 is 0 Å². The third kappa shape index (κ3) is 14.1. The van der Waals surface area contributed by atoms with Crippen molar-refractivity contribution < 1.29 is 0 Å². The van der Waals surface area contributed by atoms with E-state index in [1.165, 1.54) is 254 Å². The summed E-state index contributed by atoms with van der Waals surface area (Å²) < 4.78 is 2.84. The van der Waals surface area contributed by atoms with Gasteiger partial charge in [-0.25, -0.2) is 0 Å². The number of nitrogens with zero attached hydrogens (tertiary/aromatic N) is 2. The van der Waals surface area contributed by atoms with Gasteiger partial charge in [0.25, 0.3) is 0 Å². The number of benzene rings is 8. The minimum absolute atomic E-state index is 0.0572. The summed E-state index contributed by atoms with van der Waals surface area (Å²) in [5.74, 6) is 0. The van der Waals surface area contributed by atoms with Crippen molar-refractivity contribution in [2.24, 2.45) is 0 Å². The van der Waals surface area contributed by atoms with Crippen molar-refractivity contribution >= 4 is 38.9 Å². The van der Waals surface area contributed by atoms with Crippen LogP contribution in [0.1, 0.15) is 228 Å². The van der Waals surface area contributed by atoms with Gasteiger partial charge in [0, 0.05) is 38.9 Å². The summed E-state index contributed by atoms with van der Waals surface area (Å²) in [5.41, 5.74) is 26.1. The zero-order valence-electron chi connectivity index (χ0n) is 53.6. The van der Waals surface area contributed by atoms with E-state index in [4.69, 9.17) is 0 Å². The largest absolute Gasteiger partial charge is 0.311 e. The molecule has 0 radical (unpaired) electrons. The Hall–Kier alpha value is -6.64. The fraction of sp³-hybridized carbons (Fsp3) is 0.422. The molecule has 0 unspecified atom stereocenters. The van der Waals surface area contributed by atoms with E-state index in [0.717, 1.165) is 24.9 Å². The molecule has 9 aromatic rings. The standard InChI is InChI=1S/C83H102N2/c1-8-13-18-22-24-30-57-83(58-31-25-23-19-14-9-2)78-59-63(7)39-54-73(78)75-55-56-76-74-35-28-29-36-79(74)85(82(76)81(75)83)80-61-68(33-26-20-15-10-3)77(60-69(80)34-27-21-16-11-4)67-46-52-72(53-47-67)84(70-48-37-62(6)38-49-70)71-50-44-66(45-51-71)65-42-40-64(41-43-65)32-17-12-5/h28-29,35-56,59-61H,8-27,30-34,57-58H2,1-7H3. The summed E-state index contributed by atoms with van der Waals surface area (Å²) in [6.07, 6.45) is 33.8. The molecule has 0 saturated carbocycles. The average Bonchev–Trinajstić information content (AvgIpc) is 1.61. The second kappa shape index (κ2) is 30.1. The molecular weight excluding hydrogens is 1020 g/mol. The first-order valence-electron chi connectivity index (χ1n) is 34.3. The lowest BCUT2D eigenvalue weighted by Gasteiger charge is -2.34. The highest BCUT2D eigenvalue weighted by atomic mass is 15.1. The van der Waals surface area contributed by atoms with Crippen molar-refractivity contribution in [3.63, 3.8) is 0 Å². The number of aryl methyl sites for hydroxylation is 5. The van der Waals surface area contributed by atoms with Gasteiger partial charge in [0.1, 0.15) is 0 Å². The summed E-state index contributed by atoms with van der Waals surface area (Å²) in [5, 5.41) is 2.80. The minimum Gasteiger partial charge on any atom is -0.311 e. The maximum Gasteiger partial charge on any atom is 0.0588 e. The smallest absolute Gasteiger partial charge is 0.0588 e. The van der Waals surface area contributed by atoms with E-state index in [2.05, 4.69) is 222 Å². The molecule has 0 saturated heterocycles. The number of aromatic nitrogens is 1. The third-order valence-corrected chi connectivity index (χ3v) is 19.3. The van der Waals surface area contributed by atoms with Gasteiger partial charge in [-0.15, -0.1) is 0 Å². The predicted molar refractivity (Wildman–Crippen MR) is 372 cm³/mol. The average molecular weight is 1130 g/mol. The lowest BCUT2D eigenvalue weighted by Crippen LogP contribution is -2.26. The van der Waals surface area contributed by atoms with Gasteiger partial charge in [0.15, 0.2) is 0 Å². The molecule has 2 heteroatoms. The lowest BCUT2D eigenvalue weighted by molar-refractivity contribution is 0.399. The molecular formula is C83H102N2. The first kappa shape index (κ1) is 61.4. The third-order valence-electron chi connectivity index (χ3n) is 19.3. The quantitative estimate of drug-likeness (QED) is 0.0372. The van der Waals surface area contributed by atoms with E-state index in [-0.39, 0.29) is 5.41 Å². The Bertz CT molecular complexity index is 3520. The zero-order chi connectivity index (χ0) is 59.0. The van der Waals surface area contributed by atoms with Crippen LogP contribution in [0.3, 0.4) is 0 Å². The second-order valence-corrected chi connectivity index (χ2v) is 25.7. The highest BCUT2D eigenvalue weighted by Crippen LogP contribution is 2.58.